The number of benzene rings is 2. The van der Waals surface area contributed by atoms with E-state index < -0.39 is 0 Å². The van der Waals surface area contributed by atoms with Gasteiger partial charge in [0.2, 0.25) is 0 Å². The Hall–Kier alpha value is -2.93. The van der Waals surface area contributed by atoms with E-state index in [4.69, 9.17) is 12.2 Å². The molecule has 6 nitrogen and oxygen atoms in total. The number of aromatic nitrogens is 3. The molecule has 5 rings (SSSR count). The minimum atomic E-state index is -0.100. The van der Waals surface area contributed by atoms with E-state index in [1.54, 1.807) is 0 Å². The van der Waals surface area contributed by atoms with Gasteiger partial charge >= 0.3 is 0 Å². The molecule has 2 aliphatic rings. The van der Waals surface area contributed by atoms with Crippen molar-refractivity contribution in [2.75, 3.05) is 11.4 Å². The molecule has 1 amide bonds. The van der Waals surface area contributed by atoms with E-state index in [2.05, 4.69) is 44.7 Å². The van der Waals surface area contributed by atoms with Gasteiger partial charge in [0.05, 0.1) is 6.54 Å². The number of nitrogens with zero attached hydrogens (tertiary/aromatic N) is 3. The minimum Gasteiger partial charge on any atom is -0.367 e. The third-order valence-electron chi connectivity index (χ3n) is 5.72. The average molecular weight is 406 g/mol. The summed E-state index contributed by atoms with van der Waals surface area (Å²) in [4.78, 5) is 14.9. The molecule has 1 aliphatic carbocycles. The van der Waals surface area contributed by atoms with E-state index in [1.165, 1.54) is 11.1 Å². The second kappa shape index (κ2) is 7.48. The SMILES string of the molecule is O=C(NCc1n[nH]c(=S)n1C1CC1)c1ccc(N2CCc3ccccc3C2)cc1. The summed E-state index contributed by atoms with van der Waals surface area (Å²) in [6, 6.07) is 16.9. The number of amides is 1. The highest BCUT2D eigenvalue weighted by Crippen LogP contribution is 2.35. The molecule has 1 aliphatic heterocycles. The lowest BCUT2D eigenvalue weighted by Crippen LogP contribution is -2.30. The summed E-state index contributed by atoms with van der Waals surface area (Å²) in [5.41, 5.74) is 4.61. The predicted octanol–water partition coefficient (Wildman–Crippen LogP) is 3.77. The van der Waals surface area contributed by atoms with Gasteiger partial charge in [-0.05, 0) is 66.9 Å². The van der Waals surface area contributed by atoms with Crippen LogP contribution in [0.2, 0.25) is 0 Å². The van der Waals surface area contributed by atoms with Crippen molar-refractivity contribution in [3.8, 4) is 0 Å². The Bertz CT molecular complexity index is 1100. The Balaban J connectivity index is 1.24. The van der Waals surface area contributed by atoms with Crippen molar-refractivity contribution < 1.29 is 4.79 Å². The van der Waals surface area contributed by atoms with Crippen molar-refractivity contribution in [3.63, 3.8) is 0 Å². The lowest BCUT2D eigenvalue weighted by atomic mass is 9.99. The normalized spacial score (nSPS) is 15.8. The van der Waals surface area contributed by atoms with Crippen molar-refractivity contribution in [2.24, 2.45) is 0 Å². The van der Waals surface area contributed by atoms with Gasteiger partial charge in [0, 0.05) is 30.4 Å². The number of fused-ring (bicyclic) bond motifs is 1. The van der Waals surface area contributed by atoms with Gasteiger partial charge in [0.1, 0.15) is 0 Å². The maximum absolute atomic E-state index is 12.6. The number of rotatable bonds is 5. The molecule has 29 heavy (non-hydrogen) atoms. The van der Waals surface area contributed by atoms with Gasteiger partial charge in [-0.25, -0.2) is 0 Å². The van der Waals surface area contributed by atoms with Crippen LogP contribution in [0.25, 0.3) is 0 Å². The van der Waals surface area contributed by atoms with Crippen LogP contribution < -0.4 is 10.2 Å². The number of anilines is 1. The lowest BCUT2D eigenvalue weighted by Gasteiger charge is -2.30. The molecule has 0 radical (unpaired) electrons. The Labute approximate surface area is 174 Å². The molecule has 0 bridgehead atoms. The highest BCUT2D eigenvalue weighted by Gasteiger charge is 2.27. The van der Waals surface area contributed by atoms with Gasteiger partial charge in [-0.2, -0.15) is 5.10 Å². The van der Waals surface area contributed by atoms with Gasteiger partial charge in [0.15, 0.2) is 10.6 Å². The second-order valence-corrected chi connectivity index (χ2v) is 8.10. The molecule has 0 saturated heterocycles. The van der Waals surface area contributed by atoms with E-state index in [0.29, 0.717) is 22.9 Å². The fourth-order valence-electron chi connectivity index (χ4n) is 3.97. The molecule has 7 heteroatoms. The van der Waals surface area contributed by atoms with Crippen LogP contribution in [0.15, 0.2) is 48.5 Å². The van der Waals surface area contributed by atoms with Crippen LogP contribution in [0.3, 0.4) is 0 Å². The number of aromatic amines is 1. The molecule has 3 aromatic rings. The fourth-order valence-corrected chi connectivity index (χ4v) is 4.27. The Kier molecular flexibility index (Phi) is 4.67. The van der Waals surface area contributed by atoms with E-state index in [0.717, 1.165) is 43.9 Å². The summed E-state index contributed by atoms with van der Waals surface area (Å²) in [5, 5.41) is 10.1. The summed E-state index contributed by atoms with van der Waals surface area (Å²) >= 11 is 5.29. The van der Waals surface area contributed by atoms with Gasteiger partial charge in [-0.3, -0.25) is 14.5 Å². The summed E-state index contributed by atoms with van der Waals surface area (Å²) in [6.45, 7) is 2.27. The van der Waals surface area contributed by atoms with Crippen molar-refractivity contribution in [3.05, 3.63) is 75.8 Å². The number of carbonyl (C=O) groups excluding carboxylic acids is 1. The second-order valence-electron chi connectivity index (χ2n) is 7.72. The molecule has 0 spiro atoms. The molecule has 148 valence electrons. The summed E-state index contributed by atoms with van der Waals surface area (Å²) in [6.07, 6.45) is 3.29. The summed E-state index contributed by atoms with van der Waals surface area (Å²) < 4.78 is 2.65. The highest BCUT2D eigenvalue weighted by molar-refractivity contribution is 7.71. The zero-order chi connectivity index (χ0) is 19.8. The van der Waals surface area contributed by atoms with Gasteiger partial charge in [0.25, 0.3) is 5.91 Å². The molecular weight excluding hydrogens is 382 g/mol. The number of H-pyrrole nitrogens is 1. The molecule has 0 atom stereocenters. The largest absolute Gasteiger partial charge is 0.367 e. The van der Waals surface area contributed by atoms with Crippen LogP contribution in [-0.4, -0.2) is 27.2 Å². The van der Waals surface area contributed by atoms with Gasteiger partial charge < -0.3 is 10.2 Å². The molecule has 1 fully saturated rings. The molecule has 1 saturated carbocycles. The number of hydrogen-bond acceptors (Lipinski definition) is 4. The van der Waals surface area contributed by atoms with Crippen LogP contribution in [-0.2, 0) is 19.5 Å². The molecule has 0 unspecified atom stereocenters. The summed E-state index contributed by atoms with van der Waals surface area (Å²) in [5.74, 6) is 0.686. The van der Waals surface area contributed by atoms with E-state index >= 15 is 0 Å². The van der Waals surface area contributed by atoms with Gasteiger partial charge in [-0.15, -0.1) is 0 Å². The minimum absolute atomic E-state index is 0.100. The first-order valence-electron chi connectivity index (χ1n) is 10.0. The van der Waals surface area contributed by atoms with Crippen LogP contribution in [0.4, 0.5) is 5.69 Å². The van der Waals surface area contributed by atoms with E-state index in [1.807, 2.05) is 28.8 Å². The maximum Gasteiger partial charge on any atom is 0.251 e. The lowest BCUT2D eigenvalue weighted by molar-refractivity contribution is 0.0949. The first-order chi connectivity index (χ1) is 14.2. The number of nitrogens with one attached hydrogen (secondary N) is 2. The van der Waals surface area contributed by atoms with Crippen LogP contribution >= 0.6 is 12.2 Å². The Morgan fingerprint density at radius 1 is 1.14 bits per heavy atom. The van der Waals surface area contributed by atoms with E-state index in [9.17, 15) is 4.79 Å². The van der Waals surface area contributed by atoms with Crippen LogP contribution in [0, 0.1) is 4.77 Å². The Morgan fingerprint density at radius 2 is 1.90 bits per heavy atom. The molecule has 2 heterocycles. The summed E-state index contributed by atoms with van der Waals surface area (Å²) in [7, 11) is 0. The van der Waals surface area contributed by atoms with Crippen LogP contribution in [0.1, 0.15) is 46.2 Å². The molecular formula is C22H23N5OS. The van der Waals surface area contributed by atoms with Crippen molar-refractivity contribution >= 4 is 23.8 Å². The maximum atomic E-state index is 12.6. The fraction of sp³-hybridized carbons (Fsp3) is 0.318. The van der Waals surface area contributed by atoms with E-state index in [-0.39, 0.29) is 5.91 Å². The van der Waals surface area contributed by atoms with Crippen molar-refractivity contribution in [1.82, 2.24) is 20.1 Å². The van der Waals surface area contributed by atoms with Crippen molar-refractivity contribution in [1.29, 1.82) is 0 Å². The topological polar surface area (TPSA) is 66.0 Å². The third-order valence-corrected chi connectivity index (χ3v) is 6.01. The predicted molar refractivity (Wildman–Crippen MR) is 114 cm³/mol. The smallest absolute Gasteiger partial charge is 0.251 e. The standard InChI is InChI=1S/C22H23N5OS/c28-21(23-13-20-24-25-22(29)27(20)19-9-10-19)16-5-7-18(8-6-16)26-12-11-15-3-1-2-4-17(15)14-26/h1-8,19H,9-14H2,(H,23,28)(H,25,29). The molecule has 1 aromatic heterocycles. The zero-order valence-corrected chi connectivity index (χ0v) is 16.9. The average Bonchev–Trinajstić information content (AvgIpc) is 3.53. The molecule has 2 N–H and O–H groups in total. The third kappa shape index (κ3) is 3.70. The highest BCUT2D eigenvalue weighted by atomic mass is 32.1. The number of carbonyl (C=O) groups is 1. The van der Waals surface area contributed by atoms with Crippen molar-refractivity contribution in [2.45, 2.75) is 38.4 Å². The zero-order valence-electron chi connectivity index (χ0n) is 16.1. The van der Waals surface area contributed by atoms with Gasteiger partial charge in [-0.1, -0.05) is 24.3 Å². The first-order valence-corrected chi connectivity index (χ1v) is 10.5. The first kappa shape index (κ1) is 18.1. The Morgan fingerprint density at radius 3 is 2.66 bits per heavy atom. The number of hydrogen-bond donors (Lipinski definition) is 2. The monoisotopic (exact) mass is 405 g/mol. The molecule has 2 aromatic carbocycles. The van der Waals surface area contributed by atoms with Crippen LogP contribution in [0.5, 0.6) is 0 Å². The quantitative estimate of drug-likeness (QED) is 0.634.